The highest BCUT2D eigenvalue weighted by Gasteiger charge is 2.22. The number of ketones is 1. The van der Waals surface area contributed by atoms with Gasteiger partial charge in [0.15, 0.2) is 12.6 Å². The van der Waals surface area contributed by atoms with E-state index in [0.29, 0.717) is 0 Å². The fourth-order valence-electron chi connectivity index (χ4n) is 1.31. The van der Waals surface area contributed by atoms with Crippen LogP contribution in [0.5, 0.6) is 0 Å². The number of esters is 1. The second-order valence-electron chi connectivity index (χ2n) is 6.96. The molecule has 0 saturated heterocycles. The van der Waals surface area contributed by atoms with Gasteiger partial charge in [0.2, 0.25) is 0 Å². The van der Waals surface area contributed by atoms with E-state index in [4.69, 9.17) is 4.74 Å². The fraction of sp³-hybridized carbons (Fsp3) is 0.556. The van der Waals surface area contributed by atoms with E-state index in [2.05, 4.69) is 4.74 Å². The Morgan fingerprint density at radius 2 is 1.45 bits per heavy atom. The van der Waals surface area contributed by atoms with E-state index in [1.165, 1.54) is 6.92 Å². The van der Waals surface area contributed by atoms with Gasteiger partial charge in [0, 0.05) is 17.9 Å². The van der Waals surface area contributed by atoms with Crippen molar-refractivity contribution in [3.8, 4) is 0 Å². The first-order valence-corrected chi connectivity index (χ1v) is 7.30. The molecule has 124 valence electrons. The molecule has 0 radical (unpaired) electrons. The lowest BCUT2D eigenvalue weighted by atomic mass is 9.87. The van der Waals surface area contributed by atoms with Crippen molar-refractivity contribution in [3.05, 3.63) is 35.9 Å². The van der Waals surface area contributed by atoms with Crippen molar-refractivity contribution < 1.29 is 19.1 Å². The highest BCUT2D eigenvalue weighted by atomic mass is 16.7. The van der Waals surface area contributed by atoms with Crippen LogP contribution in [0, 0.1) is 5.41 Å². The minimum Gasteiger partial charge on any atom is -0.439 e. The van der Waals surface area contributed by atoms with Crippen molar-refractivity contribution in [2.24, 2.45) is 5.41 Å². The summed E-state index contributed by atoms with van der Waals surface area (Å²) in [6.07, 6.45) is 0. The Labute approximate surface area is 133 Å². The van der Waals surface area contributed by atoms with Crippen LogP contribution in [0.15, 0.2) is 30.3 Å². The monoisotopic (exact) mass is 308 g/mol. The lowest BCUT2D eigenvalue weighted by molar-refractivity contribution is -0.164. The third kappa shape index (κ3) is 10.1. The van der Waals surface area contributed by atoms with Gasteiger partial charge in [0.05, 0.1) is 5.60 Å². The van der Waals surface area contributed by atoms with Crippen molar-refractivity contribution in [2.45, 2.75) is 54.1 Å². The van der Waals surface area contributed by atoms with Gasteiger partial charge in [0.1, 0.15) is 0 Å². The summed E-state index contributed by atoms with van der Waals surface area (Å²) in [5.74, 6) is -0.118. The zero-order valence-corrected chi connectivity index (χ0v) is 14.7. The lowest BCUT2D eigenvalue weighted by Gasteiger charge is -2.18. The Bertz CT molecular complexity index is 464. The molecule has 1 aromatic rings. The predicted octanol–water partition coefficient (Wildman–Crippen LogP) is 4.24. The van der Waals surface area contributed by atoms with Gasteiger partial charge in [-0.2, -0.15) is 0 Å². The molecule has 22 heavy (non-hydrogen) atoms. The van der Waals surface area contributed by atoms with Gasteiger partial charge in [-0.15, -0.1) is 0 Å². The van der Waals surface area contributed by atoms with Crippen LogP contribution in [0.4, 0.5) is 0 Å². The molecular weight excluding hydrogens is 280 g/mol. The van der Waals surface area contributed by atoms with Crippen molar-refractivity contribution >= 4 is 11.8 Å². The third-order valence-electron chi connectivity index (χ3n) is 2.47. The SMILES string of the molecule is CC(=O)OCOC(C)(C)C.CC(C)(C)C(=O)c1ccccc1. The second-order valence-corrected chi connectivity index (χ2v) is 6.96. The normalized spacial score (nSPS) is 11.2. The number of rotatable bonds is 3. The number of hydrogen-bond acceptors (Lipinski definition) is 4. The molecule has 0 aliphatic carbocycles. The molecule has 0 saturated carbocycles. The van der Waals surface area contributed by atoms with Crippen LogP contribution in [0.1, 0.15) is 58.8 Å². The largest absolute Gasteiger partial charge is 0.439 e. The standard InChI is InChI=1S/C11H14O.C7H14O3/c1-11(2,3)10(12)9-7-5-4-6-8-9;1-6(8)9-5-10-7(2,3)4/h4-8H,1-3H3;5H2,1-4H3. The Kier molecular flexibility index (Phi) is 8.02. The Hall–Kier alpha value is -1.68. The molecule has 1 rings (SSSR count). The molecule has 0 bridgehead atoms. The van der Waals surface area contributed by atoms with Crippen LogP contribution in [0.3, 0.4) is 0 Å². The number of carbonyl (C=O) groups is 2. The summed E-state index contributed by atoms with van der Waals surface area (Å²) in [5, 5.41) is 0. The quantitative estimate of drug-likeness (QED) is 0.476. The van der Waals surface area contributed by atoms with Crippen molar-refractivity contribution in [1.82, 2.24) is 0 Å². The number of carbonyl (C=O) groups excluding carboxylic acids is 2. The van der Waals surface area contributed by atoms with E-state index in [0.717, 1.165) is 5.56 Å². The highest BCUT2D eigenvalue weighted by molar-refractivity contribution is 5.99. The summed E-state index contributed by atoms with van der Waals surface area (Å²) in [5.41, 5.74) is 0.279. The molecule has 0 atom stereocenters. The summed E-state index contributed by atoms with van der Waals surface area (Å²) in [6, 6.07) is 9.40. The molecular formula is C18H28O4. The lowest BCUT2D eigenvalue weighted by Crippen LogP contribution is -2.21. The maximum atomic E-state index is 11.7. The molecule has 0 N–H and O–H groups in total. The van der Waals surface area contributed by atoms with Gasteiger partial charge >= 0.3 is 5.97 Å². The number of Topliss-reactive ketones (excluding diaryl/α,β-unsaturated/α-hetero) is 1. The van der Waals surface area contributed by atoms with Gasteiger partial charge in [-0.1, -0.05) is 51.1 Å². The summed E-state index contributed by atoms with van der Waals surface area (Å²) < 4.78 is 9.65. The average molecular weight is 308 g/mol. The number of hydrogen-bond donors (Lipinski definition) is 0. The smallest absolute Gasteiger partial charge is 0.304 e. The zero-order valence-electron chi connectivity index (χ0n) is 14.7. The molecule has 0 aliphatic rings. The van der Waals surface area contributed by atoms with Crippen molar-refractivity contribution in [1.29, 1.82) is 0 Å². The van der Waals surface area contributed by atoms with E-state index in [-0.39, 0.29) is 29.6 Å². The summed E-state index contributed by atoms with van der Waals surface area (Å²) in [4.78, 5) is 21.9. The molecule has 0 unspecified atom stereocenters. The van der Waals surface area contributed by atoms with Crippen LogP contribution >= 0.6 is 0 Å². The topological polar surface area (TPSA) is 52.6 Å². The minimum atomic E-state index is -0.316. The number of ether oxygens (including phenoxy) is 2. The molecule has 0 heterocycles. The molecule has 0 amide bonds. The molecule has 0 fully saturated rings. The van der Waals surface area contributed by atoms with Gasteiger partial charge in [-0.3, -0.25) is 9.59 Å². The zero-order chi connectivity index (χ0) is 17.4. The van der Waals surface area contributed by atoms with E-state index < -0.39 is 0 Å². The first-order chi connectivity index (χ1) is 9.93. The Balaban J connectivity index is 0.000000409. The van der Waals surface area contributed by atoms with Crippen LogP contribution in [-0.4, -0.2) is 24.1 Å². The van der Waals surface area contributed by atoms with E-state index in [1.807, 2.05) is 71.9 Å². The molecule has 4 nitrogen and oxygen atoms in total. The first-order valence-electron chi connectivity index (χ1n) is 7.30. The van der Waals surface area contributed by atoms with Crippen LogP contribution < -0.4 is 0 Å². The van der Waals surface area contributed by atoms with Crippen molar-refractivity contribution in [2.75, 3.05) is 6.79 Å². The predicted molar refractivity (Wildman–Crippen MR) is 87.7 cm³/mol. The molecule has 0 spiro atoms. The summed E-state index contributed by atoms with van der Waals surface area (Å²) in [7, 11) is 0. The first kappa shape index (κ1) is 20.3. The third-order valence-corrected chi connectivity index (χ3v) is 2.47. The molecule has 0 aliphatic heterocycles. The molecule has 0 aromatic heterocycles. The minimum absolute atomic E-state index is 0.0405. The Morgan fingerprint density at radius 1 is 0.955 bits per heavy atom. The van der Waals surface area contributed by atoms with Gasteiger partial charge in [-0.25, -0.2) is 0 Å². The molecule has 4 heteroatoms. The number of benzene rings is 1. The summed E-state index contributed by atoms with van der Waals surface area (Å²) in [6.45, 7) is 12.9. The fourth-order valence-corrected chi connectivity index (χ4v) is 1.31. The highest BCUT2D eigenvalue weighted by Crippen LogP contribution is 2.20. The van der Waals surface area contributed by atoms with E-state index in [1.54, 1.807) is 0 Å². The van der Waals surface area contributed by atoms with Gasteiger partial charge < -0.3 is 9.47 Å². The van der Waals surface area contributed by atoms with Crippen LogP contribution in [0.2, 0.25) is 0 Å². The van der Waals surface area contributed by atoms with Gasteiger partial charge in [-0.05, 0) is 20.8 Å². The van der Waals surface area contributed by atoms with Crippen LogP contribution in [0.25, 0.3) is 0 Å². The second kappa shape index (κ2) is 8.69. The average Bonchev–Trinajstić information content (AvgIpc) is 2.36. The summed E-state index contributed by atoms with van der Waals surface area (Å²) >= 11 is 0. The maximum absolute atomic E-state index is 11.7. The molecule has 1 aromatic carbocycles. The maximum Gasteiger partial charge on any atom is 0.304 e. The van der Waals surface area contributed by atoms with E-state index in [9.17, 15) is 9.59 Å². The van der Waals surface area contributed by atoms with Crippen molar-refractivity contribution in [3.63, 3.8) is 0 Å². The van der Waals surface area contributed by atoms with Crippen LogP contribution in [-0.2, 0) is 14.3 Å². The van der Waals surface area contributed by atoms with E-state index >= 15 is 0 Å². The van der Waals surface area contributed by atoms with Gasteiger partial charge in [0.25, 0.3) is 0 Å². The Morgan fingerprint density at radius 3 is 1.82 bits per heavy atom.